The molecule has 0 atom stereocenters. The Labute approximate surface area is 177 Å². The predicted octanol–water partition coefficient (Wildman–Crippen LogP) is 4.45. The molecule has 2 saturated heterocycles. The number of rotatable bonds is 1. The minimum absolute atomic E-state index is 0. The Morgan fingerprint density at radius 1 is 1.00 bits per heavy atom. The lowest BCUT2D eigenvalue weighted by Crippen LogP contribution is -2.44. The Balaban J connectivity index is 0.00000112. The van der Waals surface area contributed by atoms with Crippen molar-refractivity contribution in [2.24, 2.45) is 5.41 Å². The summed E-state index contributed by atoms with van der Waals surface area (Å²) in [6, 6.07) is 14.3. The van der Waals surface area contributed by atoms with Crippen LogP contribution in [-0.4, -0.2) is 42.0 Å². The van der Waals surface area contributed by atoms with Gasteiger partial charge in [0.1, 0.15) is 0 Å². The van der Waals surface area contributed by atoms with Crippen molar-refractivity contribution in [3.05, 3.63) is 54.2 Å². The Hall–Kier alpha value is -1.88. The molecular weight excluding hydrogens is 393 g/mol. The monoisotopic (exact) mass is 417 g/mol. The molecule has 3 aromatic rings. The first-order valence-electron chi connectivity index (χ1n) is 9.52. The second-order valence-corrected chi connectivity index (χ2v) is 7.76. The van der Waals surface area contributed by atoms with Gasteiger partial charge in [0.2, 0.25) is 0 Å². The van der Waals surface area contributed by atoms with E-state index >= 15 is 0 Å². The number of likely N-dealkylation sites (tertiary alicyclic amines) is 1. The number of aromatic nitrogens is 1. The second-order valence-electron chi connectivity index (χ2n) is 7.76. The molecule has 28 heavy (non-hydrogen) atoms. The molecule has 0 radical (unpaired) electrons. The second kappa shape index (κ2) is 8.24. The maximum atomic E-state index is 13.3. The van der Waals surface area contributed by atoms with Crippen LogP contribution < -0.4 is 5.32 Å². The van der Waals surface area contributed by atoms with Gasteiger partial charge in [-0.05, 0) is 54.1 Å². The van der Waals surface area contributed by atoms with Crippen LogP contribution in [0.1, 0.15) is 29.6 Å². The molecular formula is C22H25Cl2N3O. The van der Waals surface area contributed by atoms with Gasteiger partial charge in [-0.3, -0.25) is 9.78 Å². The number of amides is 1. The number of hydrogen-bond acceptors (Lipinski definition) is 3. The first-order chi connectivity index (χ1) is 12.8. The van der Waals surface area contributed by atoms with E-state index in [1.165, 1.54) is 6.42 Å². The Bertz CT molecular complexity index is 991. The summed E-state index contributed by atoms with van der Waals surface area (Å²) in [6.45, 7) is 3.92. The molecule has 2 aliphatic rings. The Morgan fingerprint density at radius 2 is 1.75 bits per heavy atom. The SMILES string of the molecule is Cl.Cl.O=C(c1cc2ccccc2c2cccnc12)N1CCC2(CCNC2)CC1. The highest BCUT2D eigenvalue weighted by molar-refractivity contribution is 6.15. The minimum Gasteiger partial charge on any atom is -0.339 e. The van der Waals surface area contributed by atoms with E-state index in [1.807, 2.05) is 29.2 Å². The molecule has 2 aromatic carbocycles. The van der Waals surface area contributed by atoms with Crippen LogP contribution in [0.3, 0.4) is 0 Å². The van der Waals surface area contributed by atoms with Crippen molar-refractivity contribution < 1.29 is 4.79 Å². The Morgan fingerprint density at radius 3 is 2.50 bits per heavy atom. The van der Waals surface area contributed by atoms with E-state index in [2.05, 4.69) is 28.5 Å². The molecule has 1 amide bonds. The van der Waals surface area contributed by atoms with Gasteiger partial charge in [-0.25, -0.2) is 0 Å². The number of carbonyl (C=O) groups excluding carboxylic acids is 1. The standard InChI is InChI=1S/C22H23N3O.2ClH/c26-21(25-12-8-22(9-13-25)7-11-23-15-22)19-14-16-4-1-2-5-17(16)18-6-3-10-24-20(18)19;;/h1-6,10,14,23H,7-9,11-13,15H2;2*1H. The smallest absolute Gasteiger partial charge is 0.256 e. The van der Waals surface area contributed by atoms with Gasteiger partial charge in [0.05, 0.1) is 11.1 Å². The van der Waals surface area contributed by atoms with Crippen molar-refractivity contribution in [3.8, 4) is 0 Å². The number of carbonyl (C=O) groups is 1. The van der Waals surface area contributed by atoms with Crippen molar-refractivity contribution >= 4 is 52.4 Å². The first kappa shape index (κ1) is 20.8. The van der Waals surface area contributed by atoms with Gasteiger partial charge >= 0.3 is 0 Å². The van der Waals surface area contributed by atoms with Crippen molar-refractivity contribution in [3.63, 3.8) is 0 Å². The number of nitrogens with one attached hydrogen (secondary N) is 1. The molecule has 1 spiro atoms. The zero-order valence-electron chi connectivity index (χ0n) is 15.7. The molecule has 0 bridgehead atoms. The fraction of sp³-hybridized carbons (Fsp3) is 0.364. The third-order valence-corrected chi connectivity index (χ3v) is 6.29. The van der Waals surface area contributed by atoms with Gasteiger partial charge in [0.25, 0.3) is 5.91 Å². The summed E-state index contributed by atoms with van der Waals surface area (Å²) in [5, 5.41) is 6.80. The van der Waals surface area contributed by atoms with Gasteiger partial charge in [-0.1, -0.05) is 30.3 Å². The molecule has 2 aliphatic heterocycles. The molecule has 3 heterocycles. The molecule has 1 N–H and O–H groups in total. The number of pyridine rings is 1. The summed E-state index contributed by atoms with van der Waals surface area (Å²) in [4.78, 5) is 19.9. The van der Waals surface area contributed by atoms with E-state index in [0.717, 1.165) is 66.3 Å². The average molecular weight is 418 g/mol. The number of hydrogen-bond donors (Lipinski definition) is 1. The zero-order chi connectivity index (χ0) is 17.6. The lowest BCUT2D eigenvalue weighted by atomic mass is 9.77. The molecule has 5 rings (SSSR count). The summed E-state index contributed by atoms with van der Waals surface area (Å²) in [5.74, 6) is 0.125. The van der Waals surface area contributed by atoms with Crippen LogP contribution in [0.5, 0.6) is 0 Å². The summed E-state index contributed by atoms with van der Waals surface area (Å²) in [7, 11) is 0. The highest BCUT2D eigenvalue weighted by Gasteiger charge is 2.38. The molecule has 4 nitrogen and oxygen atoms in total. The number of fused-ring (bicyclic) bond motifs is 3. The topological polar surface area (TPSA) is 45.2 Å². The van der Waals surface area contributed by atoms with Crippen LogP contribution in [0, 0.1) is 5.41 Å². The van der Waals surface area contributed by atoms with E-state index in [9.17, 15) is 4.79 Å². The van der Waals surface area contributed by atoms with Crippen LogP contribution in [0.4, 0.5) is 0 Å². The van der Waals surface area contributed by atoms with Crippen molar-refractivity contribution in [1.29, 1.82) is 0 Å². The normalized spacial score (nSPS) is 18.1. The minimum atomic E-state index is 0. The largest absolute Gasteiger partial charge is 0.339 e. The maximum Gasteiger partial charge on any atom is 0.256 e. The van der Waals surface area contributed by atoms with Crippen LogP contribution in [0.15, 0.2) is 48.7 Å². The van der Waals surface area contributed by atoms with Crippen molar-refractivity contribution in [2.45, 2.75) is 19.3 Å². The highest BCUT2D eigenvalue weighted by atomic mass is 35.5. The van der Waals surface area contributed by atoms with E-state index in [-0.39, 0.29) is 30.7 Å². The first-order valence-corrected chi connectivity index (χ1v) is 9.52. The van der Waals surface area contributed by atoms with E-state index in [1.54, 1.807) is 6.20 Å². The Kier molecular flexibility index (Phi) is 6.13. The predicted molar refractivity (Wildman–Crippen MR) is 119 cm³/mol. The molecule has 1 aromatic heterocycles. The fourth-order valence-electron chi connectivity index (χ4n) is 4.67. The lowest BCUT2D eigenvalue weighted by molar-refractivity contribution is 0.0609. The number of piperidine rings is 1. The summed E-state index contributed by atoms with van der Waals surface area (Å²) >= 11 is 0. The van der Waals surface area contributed by atoms with Gasteiger partial charge in [-0.2, -0.15) is 0 Å². The zero-order valence-corrected chi connectivity index (χ0v) is 17.3. The molecule has 0 saturated carbocycles. The van der Waals surface area contributed by atoms with Gasteiger partial charge in [0.15, 0.2) is 0 Å². The van der Waals surface area contributed by atoms with Crippen LogP contribution in [-0.2, 0) is 0 Å². The molecule has 0 unspecified atom stereocenters. The van der Waals surface area contributed by atoms with Crippen molar-refractivity contribution in [1.82, 2.24) is 15.2 Å². The number of benzene rings is 2. The molecule has 6 heteroatoms. The summed E-state index contributed by atoms with van der Waals surface area (Å²) in [6.07, 6.45) is 5.23. The number of nitrogens with zero attached hydrogens (tertiary/aromatic N) is 2. The summed E-state index contributed by atoms with van der Waals surface area (Å²) < 4.78 is 0. The third kappa shape index (κ3) is 3.45. The van der Waals surface area contributed by atoms with E-state index in [4.69, 9.17) is 0 Å². The van der Waals surface area contributed by atoms with Gasteiger partial charge < -0.3 is 10.2 Å². The van der Waals surface area contributed by atoms with Crippen molar-refractivity contribution in [2.75, 3.05) is 26.2 Å². The third-order valence-electron chi connectivity index (χ3n) is 6.29. The fourth-order valence-corrected chi connectivity index (χ4v) is 4.67. The van der Waals surface area contributed by atoms with Crippen LogP contribution >= 0.6 is 24.8 Å². The van der Waals surface area contributed by atoms with Crippen LogP contribution in [0.25, 0.3) is 21.7 Å². The molecule has 2 fully saturated rings. The average Bonchev–Trinajstić information content (AvgIpc) is 3.15. The number of halogens is 2. The molecule has 148 valence electrons. The summed E-state index contributed by atoms with van der Waals surface area (Å²) in [5.41, 5.74) is 1.97. The highest BCUT2D eigenvalue weighted by Crippen LogP contribution is 2.37. The van der Waals surface area contributed by atoms with E-state index in [0.29, 0.717) is 5.41 Å². The quantitative estimate of drug-likeness (QED) is 0.594. The van der Waals surface area contributed by atoms with Gasteiger partial charge in [0, 0.05) is 31.2 Å². The lowest BCUT2D eigenvalue weighted by Gasteiger charge is -2.39. The molecule has 0 aliphatic carbocycles. The van der Waals surface area contributed by atoms with Crippen LogP contribution in [0.2, 0.25) is 0 Å². The van der Waals surface area contributed by atoms with E-state index < -0.39 is 0 Å². The maximum absolute atomic E-state index is 13.3. The van der Waals surface area contributed by atoms with Gasteiger partial charge in [-0.15, -0.1) is 24.8 Å².